The summed E-state index contributed by atoms with van der Waals surface area (Å²) in [6.45, 7) is 0.00134. The molecule has 0 unspecified atom stereocenters. The van der Waals surface area contributed by atoms with Crippen LogP contribution in [0.5, 0.6) is 0 Å². The first-order valence-corrected chi connectivity index (χ1v) is 7.06. The fourth-order valence-electron chi connectivity index (χ4n) is 1.46. The van der Waals surface area contributed by atoms with Crippen molar-refractivity contribution in [3.8, 4) is 0 Å². The number of imidazole rings is 1. The molecule has 0 amide bonds. The SMILES string of the molecule is Nc1nc2c(ncn2COCC=CP(=O)(O)O)c(=O)[nH]1. The highest BCUT2D eigenvalue weighted by Crippen LogP contribution is 2.35. The molecule has 2 aromatic heterocycles. The first-order chi connectivity index (χ1) is 9.37. The number of nitrogens with one attached hydrogen (secondary N) is 1. The van der Waals surface area contributed by atoms with Gasteiger partial charge >= 0.3 is 7.60 Å². The largest absolute Gasteiger partial charge is 0.369 e. The monoisotopic (exact) mass is 301 g/mol. The molecule has 0 radical (unpaired) electrons. The highest BCUT2D eigenvalue weighted by molar-refractivity contribution is 7.55. The topological polar surface area (TPSA) is 156 Å². The van der Waals surface area contributed by atoms with Crippen molar-refractivity contribution in [2.45, 2.75) is 6.73 Å². The first-order valence-electron chi connectivity index (χ1n) is 5.38. The summed E-state index contributed by atoms with van der Waals surface area (Å²) in [6.07, 6.45) is 2.56. The Hall–Kier alpha value is -2.00. The fourth-order valence-corrected chi connectivity index (χ4v) is 1.83. The number of H-pyrrole nitrogens is 1. The Labute approximate surface area is 112 Å². The third-order valence-electron chi connectivity index (χ3n) is 2.24. The second-order valence-corrected chi connectivity index (χ2v) is 5.29. The predicted molar refractivity (Wildman–Crippen MR) is 69.7 cm³/mol. The molecule has 0 aromatic carbocycles. The summed E-state index contributed by atoms with van der Waals surface area (Å²) in [5, 5.41) is 0. The zero-order valence-corrected chi connectivity index (χ0v) is 11.0. The number of nitrogens with zero attached hydrogens (tertiary/aromatic N) is 3. The third kappa shape index (κ3) is 3.52. The number of rotatable bonds is 5. The summed E-state index contributed by atoms with van der Waals surface area (Å²) in [5.41, 5.74) is 5.38. The van der Waals surface area contributed by atoms with E-state index in [1.807, 2.05) is 0 Å². The minimum atomic E-state index is -4.17. The third-order valence-corrected chi connectivity index (χ3v) is 2.84. The van der Waals surface area contributed by atoms with E-state index in [1.54, 1.807) is 0 Å². The lowest BCUT2D eigenvalue weighted by atomic mass is 10.5. The number of hydrogen-bond donors (Lipinski definition) is 4. The summed E-state index contributed by atoms with van der Waals surface area (Å²) in [7, 11) is -4.17. The van der Waals surface area contributed by atoms with Crippen molar-refractivity contribution in [3.05, 3.63) is 28.6 Å². The maximum Gasteiger partial charge on any atom is 0.348 e. The lowest BCUT2D eigenvalue weighted by molar-refractivity contribution is 0.103. The highest BCUT2D eigenvalue weighted by Gasteiger charge is 2.09. The second kappa shape index (κ2) is 5.55. The average Bonchev–Trinajstić information content (AvgIpc) is 2.70. The number of ether oxygens (including phenoxy) is 1. The fraction of sp³-hybridized carbons (Fsp3) is 0.222. The number of nitrogens with two attached hydrogens (primary N) is 1. The van der Waals surface area contributed by atoms with Gasteiger partial charge in [0.2, 0.25) is 5.95 Å². The van der Waals surface area contributed by atoms with E-state index in [9.17, 15) is 9.36 Å². The van der Waals surface area contributed by atoms with Crippen molar-refractivity contribution in [1.82, 2.24) is 19.5 Å². The number of aromatic nitrogens is 4. The molecule has 0 atom stereocenters. The molecule has 0 saturated heterocycles. The molecule has 2 aromatic rings. The molecule has 11 heteroatoms. The van der Waals surface area contributed by atoms with Crippen molar-refractivity contribution >= 4 is 24.7 Å². The maximum absolute atomic E-state index is 11.5. The van der Waals surface area contributed by atoms with Crippen LogP contribution in [0.1, 0.15) is 0 Å². The van der Waals surface area contributed by atoms with Gasteiger partial charge in [0.15, 0.2) is 11.2 Å². The van der Waals surface area contributed by atoms with Crippen LogP contribution in [0.15, 0.2) is 23.0 Å². The van der Waals surface area contributed by atoms with Gasteiger partial charge in [-0.05, 0) is 0 Å². The Morgan fingerprint density at radius 3 is 3.00 bits per heavy atom. The van der Waals surface area contributed by atoms with E-state index in [-0.39, 0.29) is 30.4 Å². The molecule has 0 spiro atoms. The van der Waals surface area contributed by atoms with E-state index in [1.165, 1.54) is 17.0 Å². The molecule has 108 valence electrons. The smallest absolute Gasteiger partial charge is 0.348 e. The van der Waals surface area contributed by atoms with E-state index >= 15 is 0 Å². The number of hydrogen-bond acceptors (Lipinski definition) is 6. The van der Waals surface area contributed by atoms with Gasteiger partial charge in [-0.2, -0.15) is 4.98 Å². The second-order valence-electron chi connectivity index (χ2n) is 3.81. The van der Waals surface area contributed by atoms with E-state index in [2.05, 4.69) is 15.0 Å². The molecule has 2 heterocycles. The van der Waals surface area contributed by atoms with Crippen LogP contribution in [0, 0.1) is 0 Å². The Balaban J connectivity index is 2.06. The van der Waals surface area contributed by atoms with Gasteiger partial charge in [-0.3, -0.25) is 18.9 Å². The summed E-state index contributed by atoms with van der Waals surface area (Å²) in [5.74, 6) is 0.714. The number of fused-ring (bicyclic) bond motifs is 1. The summed E-state index contributed by atoms with van der Waals surface area (Å²) in [4.78, 5) is 38.8. The molecule has 5 N–H and O–H groups in total. The standard InChI is InChI=1S/C9H12N5O5P/c10-9-12-7-6(8(15)13-9)11-4-14(7)5-19-2-1-3-20(16,17)18/h1,3-4H,2,5H2,(H2,16,17,18)(H3,10,12,13,15). The number of aromatic amines is 1. The Morgan fingerprint density at radius 1 is 1.55 bits per heavy atom. The predicted octanol–water partition coefficient (Wildman–Crippen LogP) is -0.633. The van der Waals surface area contributed by atoms with Crippen molar-refractivity contribution in [1.29, 1.82) is 0 Å². The molecule has 0 aliphatic carbocycles. The normalized spacial score (nSPS) is 12.5. The van der Waals surface area contributed by atoms with Gasteiger partial charge in [0.05, 0.1) is 12.9 Å². The van der Waals surface area contributed by atoms with Crippen LogP contribution in [0.3, 0.4) is 0 Å². The van der Waals surface area contributed by atoms with Crippen LogP contribution < -0.4 is 11.3 Å². The molecule has 20 heavy (non-hydrogen) atoms. The average molecular weight is 301 g/mol. The van der Waals surface area contributed by atoms with Crippen molar-refractivity contribution in [2.24, 2.45) is 0 Å². The van der Waals surface area contributed by atoms with Gasteiger partial charge in [-0.15, -0.1) is 0 Å². The van der Waals surface area contributed by atoms with Crippen molar-refractivity contribution < 1.29 is 19.1 Å². The Bertz CT molecular complexity index is 745. The number of anilines is 1. The highest BCUT2D eigenvalue weighted by atomic mass is 31.2. The minimum absolute atomic E-state index is 0.0105. The Kier molecular flexibility index (Phi) is 4.00. The van der Waals surface area contributed by atoms with E-state index in [0.717, 1.165) is 5.82 Å². The van der Waals surface area contributed by atoms with Gasteiger partial charge < -0.3 is 20.3 Å². The first kappa shape index (κ1) is 14.4. The molecule has 0 aliphatic rings. The van der Waals surface area contributed by atoms with E-state index in [4.69, 9.17) is 20.3 Å². The maximum atomic E-state index is 11.5. The van der Waals surface area contributed by atoms with Crippen LogP contribution in [-0.4, -0.2) is 35.9 Å². The van der Waals surface area contributed by atoms with Gasteiger partial charge in [-0.25, -0.2) is 4.98 Å². The van der Waals surface area contributed by atoms with Gasteiger partial charge in [-0.1, -0.05) is 6.08 Å². The molecule has 0 bridgehead atoms. The van der Waals surface area contributed by atoms with Gasteiger partial charge in [0, 0.05) is 5.82 Å². The van der Waals surface area contributed by atoms with Crippen LogP contribution in [-0.2, 0) is 16.0 Å². The quantitative estimate of drug-likeness (QED) is 0.420. The van der Waals surface area contributed by atoms with Crippen LogP contribution in [0.2, 0.25) is 0 Å². The van der Waals surface area contributed by atoms with Crippen LogP contribution in [0.25, 0.3) is 11.2 Å². The zero-order valence-electron chi connectivity index (χ0n) is 10.1. The van der Waals surface area contributed by atoms with Gasteiger partial charge in [0.1, 0.15) is 6.73 Å². The van der Waals surface area contributed by atoms with Crippen molar-refractivity contribution in [2.75, 3.05) is 12.3 Å². The molecule has 10 nitrogen and oxygen atoms in total. The van der Waals surface area contributed by atoms with E-state index < -0.39 is 13.2 Å². The molecule has 0 aliphatic heterocycles. The van der Waals surface area contributed by atoms with Crippen LogP contribution in [0.4, 0.5) is 5.95 Å². The molecule has 2 rings (SSSR count). The lowest BCUT2D eigenvalue weighted by Crippen LogP contribution is -2.12. The molecule has 0 fully saturated rings. The zero-order chi connectivity index (χ0) is 14.8. The Morgan fingerprint density at radius 2 is 2.30 bits per heavy atom. The lowest BCUT2D eigenvalue weighted by Gasteiger charge is -2.03. The van der Waals surface area contributed by atoms with E-state index in [0.29, 0.717) is 0 Å². The summed E-state index contributed by atoms with van der Waals surface area (Å²) < 4.78 is 17.2. The van der Waals surface area contributed by atoms with Crippen LogP contribution >= 0.6 is 7.60 Å². The summed E-state index contributed by atoms with van der Waals surface area (Å²) in [6, 6.07) is 0. The number of nitrogen functional groups attached to an aromatic ring is 1. The molecular formula is C9H12N5O5P. The summed E-state index contributed by atoms with van der Waals surface area (Å²) >= 11 is 0. The molecule has 0 saturated carbocycles. The minimum Gasteiger partial charge on any atom is -0.369 e. The molecular weight excluding hydrogens is 289 g/mol. The van der Waals surface area contributed by atoms with Gasteiger partial charge in [0.25, 0.3) is 5.56 Å². The van der Waals surface area contributed by atoms with Crippen molar-refractivity contribution in [3.63, 3.8) is 0 Å².